The summed E-state index contributed by atoms with van der Waals surface area (Å²) in [5, 5.41) is 10.9. The fraction of sp³-hybridized carbons (Fsp3) is 0.417. The number of alkyl halides is 3. The molecule has 1 heterocycles. The van der Waals surface area contributed by atoms with Crippen molar-refractivity contribution in [3.63, 3.8) is 0 Å². The van der Waals surface area contributed by atoms with Gasteiger partial charge in [-0.05, 0) is 32.9 Å². The molecule has 0 saturated carbocycles. The van der Waals surface area contributed by atoms with Crippen LogP contribution in [-0.2, 0) is 10.9 Å². The van der Waals surface area contributed by atoms with E-state index >= 15 is 0 Å². The van der Waals surface area contributed by atoms with Gasteiger partial charge in [-0.3, -0.25) is 5.32 Å². The zero-order valence-corrected chi connectivity index (χ0v) is 11.4. The number of aromatic nitrogens is 1. The highest BCUT2D eigenvalue weighted by molar-refractivity contribution is 5.97. The number of ether oxygens (including phenoxy) is 1. The van der Waals surface area contributed by atoms with Gasteiger partial charge in [0.1, 0.15) is 11.3 Å². The average molecular weight is 306 g/mol. The van der Waals surface area contributed by atoms with E-state index in [-0.39, 0.29) is 5.69 Å². The molecule has 1 aromatic rings. The molecule has 0 radical (unpaired) electrons. The van der Waals surface area contributed by atoms with Crippen LogP contribution in [0, 0.1) is 0 Å². The second-order valence-electron chi connectivity index (χ2n) is 5.02. The van der Waals surface area contributed by atoms with Gasteiger partial charge in [-0.25, -0.2) is 14.6 Å². The van der Waals surface area contributed by atoms with Crippen molar-refractivity contribution >= 4 is 17.7 Å². The minimum Gasteiger partial charge on any atom is -0.476 e. The van der Waals surface area contributed by atoms with Gasteiger partial charge in [-0.2, -0.15) is 13.2 Å². The highest BCUT2D eigenvalue weighted by Crippen LogP contribution is 2.29. The van der Waals surface area contributed by atoms with Gasteiger partial charge in [-0.1, -0.05) is 0 Å². The van der Waals surface area contributed by atoms with Crippen LogP contribution in [0.25, 0.3) is 0 Å². The first kappa shape index (κ1) is 16.7. The number of hydrogen-bond acceptors (Lipinski definition) is 4. The number of carboxylic acid groups (broad SMARTS) is 1. The molecule has 0 saturated heterocycles. The highest BCUT2D eigenvalue weighted by Gasteiger charge is 2.34. The number of nitrogens with zero attached hydrogens (tertiary/aromatic N) is 1. The number of aromatic carboxylic acids is 1. The summed E-state index contributed by atoms with van der Waals surface area (Å²) < 4.78 is 42.3. The molecule has 0 fully saturated rings. The topological polar surface area (TPSA) is 88.5 Å². The predicted molar refractivity (Wildman–Crippen MR) is 66.1 cm³/mol. The van der Waals surface area contributed by atoms with Crippen molar-refractivity contribution in [2.45, 2.75) is 32.5 Å². The van der Waals surface area contributed by atoms with Crippen molar-refractivity contribution in [2.24, 2.45) is 0 Å². The number of anilines is 1. The molecule has 0 aliphatic rings. The SMILES string of the molecule is CC(C)(C)OC(=O)Nc1ccc(C(F)(F)F)nc1C(=O)O. The van der Waals surface area contributed by atoms with E-state index in [1.54, 1.807) is 20.8 Å². The number of amides is 1. The van der Waals surface area contributed by atoms with Gasteiger partial charge in [0.15, 0.2) is 5.69 Å². The van der Waals surface area contributed by atoms with Crippen LogP contribution >= 0.6 is 0 Å². The third-order valence-corrected chi connectivity index (χ3v) is 2.02. The first-order chi connectivity index (χ1) is 9.40. The second kappa shape index (κ2) is 5.58. The second-order valence-corrected chi connectivity index (χ2v) is 5.02. The van der Waals surface area contributed by atoms with Gasteiger partial charge in [-0.15, -0.1) is 0 Å². The molecule has 1 aromatic heterocycles. The maximum absolute atomic E-state index is 12.5. The molecule has 0 aromatic carbocycles. The van der Waals surface area contributed by atoms with Gasteiger partial charge in [0.2, 0.25) is 0 Å². The van der Waals surface area contributed by atoms with E-state index in [0.29, 0.717) is 6.07 Å². The molecule has 0 aliphatic carbocycles. The number of hydrogen-bond donors (Lipinski definition) is 2. The summed E-state index contributed by atoms with van der Waals surface area (Å²) in [5.41, 5.74) is -3.51. The van der Waals surface area contributed by atoms with Crippen molar-refractivity contribution in [3.8, 4) is 0 Å². The molecule has 9 heteroatoms. The largest absolute Gasteiger partial charge is 0.476 e. The predicted octanol–water partition coefficient (Wildman–Crippen LogP) is 3.15. The third kappa shape index (κ3) is 4.93. The fourth-order valence-electron chi connectivity index (χ4n) is 1.29. The Balaban J connectivity index is 3.08. The van der Waals surface area contributed by atoms with Crippen LogP contribution in [0.3, 0.4) is 0 Å². The maximum Gasteiger partial charge on any atom is 0.433 e. The van der Waals surface area contributed by atoms with Crippen LogP contribution in [-0.4, -0.2) is 27.8 Å². The summed E-state index contributed by atoms with van der Waals surface area (Å²) in [7, 11) is 0. The maximum atomic E-state index is 12.5. The van der Waals surface area contributed by atoms with E-state index < -0.39 is 35.2 Å². The zero-order valence-electron chi connectivity index (χ0n) is 11.4. The molecule has 2 N–H and O–H groups in total. The summed E-state index contributed by atoms with van der Waals surface area (Å²) >= 11 is 0. The summed E-state index contributed by atoms with van der Waals surface area (Å²) in [5.74, 6) is -1.70. The monoisotopic (exact) mass is 306 g/mol. The number of halogens is 3. The average Bonchev–Trinajstić information content (AvgIpc) is 2.24. The third-order valence-electron chi connectivity index (χ3n) is 2.02. The Hall–Kier alpha value is -2.32. The number of carbonyl (C=O) groups is 2. The zero-order chi connectivity index (χ0) is 16.4. The Morgan fingerprint density at radius 1 is 1.24 bits per heavy atom. The van der Waals surface area contributed by atoms with Crippen LogP contribution < -0.4 is 5.32 Å². The van der Waals surface area contributed by atoms with Crippen LogP contribution in [0.15, 0.2) is 12.1 Å². The summed E-state index contributed by atoms with van der Waals surface area (Å²) in [4.78, 5) is 25.5. The van der Waals surface area contributed by atoms with E-state index in [0.717, 1.165) is 6.07 Å². The van der Waals surface area contributed by atoms with Crippen molar-refractivity contribution < 1.29 is 32.6 Å². The number of nitrogens with one attached hydrogen (secondary N) is 1. The van der Waals surface area contributed by atoms with Crippen LogP contribution in [0.5, 0.6) is 0 Å². The summed E-state index contributed by atoms with van der Waals surface area (Å²) in [6.07, 6.45) is -5.78. The van der Waals surface area contributed by atoms with E-state index in [1.807, 2.05) is 0 Å². The molecule has 21 heavy (non-hydrogen) atoms. The first-order valence-corrected chi connectivity index (χ1v) is 5.71. The lowest BCUT2D eigenvalue weighted by Crippen LogP contribution is -2.28. The molecule has 0 bridgehead atoms. The summed E-state index contributed by atoms with van der Waals surface area (Å²) in [6, 6.07) is 1.38. The van der Waals surface area contributed by atoms with Crippen LogP contribution in [0.4, 0.5) is 23.7 Å². The molecule has 1 amide bonds. The Labute approximate surface area is 117 Å². The smallest absolute Gasteiger partial charge is 0.433 e. The standard InChI is InChI=1S/C12H13F3N2O4/c1-11(2,3)21-10(20)16-6-4-5-7(12(13,14)15)17-8(6)9(18)19/h4-5H,1-3H3,(H,16,20)(H,18,19). The number of rotatable bonds is 2. The van der Waals surface area contributed by atoms with E-state index in [1.165, 1.54) is 0 Å². The molecule has 6 nitrogen and oxygen atoms in total. The molecular weight excluding hydrogens is 293 g/mol. The van der Waals surface area contributed by atoms with Crippen molar-refractivity contribution in [2.75, 3.05) is 5.32 Å². The van der Waals surface area contributed by atoms with Gasteiger partial charge in [0, 0.05) is 0 Å². The lowest BCUT2D eigenvalue weighted by Gasteiger charge is -2.20. The molecule has 116 valence electrons. The first-order valence-electron chi connectivity index (χ1n) is 5.71. The van der Waals surface area contributed by atoms with Gasteiger partial charge >= 0.3 is 18.2 Å². The minimum absolute atomic E-state index is 0.384. The van der Waals surface area contributed by atoms with E-state index in [4.69, 9.17) is 9.84 Å². The van der Waals surface area contributed by atoms with E-state index in [9.17, 15) is 22.8 Å². The molecule has 0 unspecified atom stereocenters. The lowest BCUT2D eigenvalue weighted by atomic mass is 10.2. The molecule has 0 atom stereocenters. The van der Waals surface area contributed by atoms with Gasteiger partial charge in [0.25, 0.3) is 0 Å². The molecule has 1 rings (SSSR count). The van der Waals surface area contributed by atoms with Crippen molar-refractivity contribution in [3.05, 3.63) is 23.5 Å². The highest BCUT2D eigenvalue weighted by atomic mass is 19.4. The van der Waals surface area contributed by atoms with Crippen LogP contribution in [0.1, 0.15) is 37.0 Å². The lowest BCUT2D eigenvalue weighted by molar-refractivity contribution is -0.141. The minimum atomic E-state index is -4.78. The summed E-state index contributed by atoms with van der Waals surface area (Å²) in [6.45, 7) is 4.74. The van der Waals surface area contributed by atoms with Crippen molar-refractivity contribution in [1.29, 1.82) is 0 Å². The molecule has 0 spiro atoms. The molecule has 0 aliphatic heterocycles. The van der Waals surface area contributed by atoms with Gasteiger partial charge < -0.3 is 9.84 Å². The number of carbonyl (C=O) groups excluding carboxylic acids is 1. The number of carboxylic acids is 1. The Morgan fingerprint density at radius 2 is 1.81 bits per heavy atom. The van der Waals surface area contributed by atoms with Crippen LogP contribution in [0.2, 0.25) is 0 Å². The quantitative estimate of drug-likeness (QED) is 0.876. The fourth-order valence-corrected chi connectivity index (χ4v) is 1.29. The Bertz CT molecular complexity index is 565. The Morgan fingerprint density at radius 3 is 2.24 bits per heavy atom. The number of pyridine rings is 1. The van der Waals surface area contributed by atoms with Crippen molar-refractivity contribution in [1.82, 2.24) is 4.98 Å². The Kier molecular flexibility index (Phi) is 4.45. The molecular formula is C12H13F3N2O4. The normalized spacial score (nSPS) is 11.9. The van der Waals surface area contributed by atoms with Gasteiger partial charge in [0.05, 0.1) is 5.69 Å². The van der Waals surface area contributed by atoms with E-state index in [2.05, 4.69) is 10.3 Å².